The fourth-order valence-electron chi connectivity index (χ4n) is 4.27. The number of hydrogen-bond acceptors (Lipinski definition) is 6. The average Bonchev–Trinajstić information content (AvgIpc) is 3.11. The molecule has 8 nitrogen and oxygen atoms in total. The van der Waals surface area contributed by atoms with E-state index in [9.17, 15) is 9.59 Å². The molecule has 0 aromatic carbocycles. The van der Waals surface area contributed by atoms with Gasteiger partial charge in [0.15, 0.2) is 0 Å². The number of anilines is 1. The molecule has 4 rings (SSSR count). The minimum absolute atomic E-state index is 0.00139. The van der Waals surface area contributed by atoms with Crippen molar-refractivity contribution in [2.45, 2.75) is 39.5 Å². The normalized spacial score (nSPS) is 17.3. The van der Waals surface area contributed by atoms with Crippen LogP contribution in [0.25, 0.3) is 0 Å². The van der Waals surface area contributed by atoms with E-state index in [0.717, 1.165) is 43.0 Å². The maximum Gasteiger partial charge on any atom is 0.257 e. The third-order valence-corrected chi connectivity index (χ3v) is 6.10. The second kappa shape index (κ2) is 8.85. The molecule has 0 N–H and O–H groups in total. The molecule has 0 atom stereocenters. The number of aromatic nitrogens is 2. The number of amides is 2. The lowest BCUT2D eigenvalue weighted by Crippen LogP contribution is -2.51. The number of nitrogens with zero attached hydrogens (tertiary/aromatic N) is 5. The van der Waals surface area contributed by atoms with Crippen LogP contribution in [0.1, 0.15) is 46.6 Å². The first-order valence-corrected chi connectivity index (χ1v) is 10.7. The van der Waals surface area contributed by atoms with Crippen LogP contribution in [0.15, 0.2) is 22.9 Å². The summed E-state index contributed by atoms with van der Waals surface area (Å²) >= 11 is 0. The standard InChI is InChI=1S/C22H29N5O3/c1-16-19(17(2)30-24-16)15-20(28)25-11-13-27(14-12-25)22(29)18-7-6-8-23-21(18)26-9-4-3-5-10-26/h6-8H,3-5,9-15H2,1-2H3. The SMILES string of the molecule is Cc1noc(C)c1CC(=O)N1CCN(C(=O)c2cccnc2N2CCCCC2)CC1. The van der Waals surface area contributed by atoms with Crippen LogP contribution in [-0.2, 0) is 11.2 Å². The van der Waals surface area contributed by atoms with Gasteiger partial charge >= 0.3 is 0 Å². The highest BCUT2D eigenvalue weighted by Gasteiger charge is 2.28. The second-order valence-corrected chi connectivity index (χ2v) is 8.07. The van der Waals surface area contributed by atoms with E-state index in [4.69, 9.17) is 4.52 Å². The van der Waals surface area contributed by atoms with Gasteiger partial charge < -0.3 is 19.2 Å². The highest BCUT2D eigenvalue weighted by atomic mass is 16.5. The van der Waals surface area contributed by atoms with Gasteiger partial charge in [-0.3, -0.25) is 9.59 Å². The van der Waals surface area contributed by atoms with E-state index in [1.807, 2.05) is 35.8 Å². The zero-order valence-electron chi connectivity index (χ0n) is 17.8. The molecular weight excluding hydrogens is 382 g/mol. The molecular formula is C22H29N5O3. The lowest BCUT2D eigenvalue weighted by molar-refractivity contribution is -0.131. The van der Waals surface area contributed by atoms with Crippen LogP contribution in [0.4, 0.5) is 5.82 Å². The maximum atomic E-state index is 13.2. The van der Waals surface area contributed by atoms with E-state index in [2.05, 4.69) is 15.0 Å². The minimum atomic E-state index is 0.00139. The molecule has 0 aliphatic carbocycles. The lowest BCUT2D eigenvalue weighted by atomic mass is 10.1. The van der Waals surface area contributed by atoms with E-state index in [1.165, 1.54) is 6.42 Å². The Morgan fingerprint density at radius 1 is 1.00 bits per heavy atom. The molecule has 2 aliphatic rings. The average molecular weight is 412 g/mol. The molecule has 2 aromatic rings. The molecule has 160 valence electrons. The van der Waals surface area contributed by atoms with Gasteiger partial charge in [-0.2, -0.15) is 0 Å². The highest BCUT2D eigenvalue weighted by Crippen LogP contribution is 2.23. The van der Waals surface area contributed by atoms with E-state index in [1.54, 1.807) is 6.20 Å². The summed E-state index contributed by atoms with van der Waals surface area (Å²) in [6.45, 7) is 7.70. The summed E-state index contributed by atoms with van der Waals surface area (Å²) in [7, 11) is 0. The topological polar surface area (TPSA) is 82.8 Å². The number of piperidine rings is 1. The van der Waals surface area contributed by atoms with Gasteiger partial charge in [-0.15, -0.1) is 0 Å². The fourth-order valence-corrected chi connectivity index (χ4v) is 4.27. The van der Waals surface area contributed by atoms with Gasteiger partial charge in [-0.25, -0.2) is 4.98 Å². The number of piperazine rings is 1. The zero-order valence-corrected chi connectivity index (χ0v) is 17.8. The van der Waals surface area contributed by atoms with Gasteiger partial charge in [0.1, 0.15) is 11.6 Å². The number of aryl methyl sites for hydroxylation is 2. The molecule has 4 heterocycles. The van der Waals surface area contributed by atoms with Crippen molar-refractivity contribution in [3.63, 3.8) is 0 Å². The Morgan fingerprint density at radius 2 is 1.70 bits per heavy atom. The monoisotopic (exact) mass is 411 g/mol. The molecule has 2 saturated heterocycles. The van der Waals surface area contributed by atoms with Crippen LogP contribution < -0.4 is 4.90 Å². The second-order valence-electron chi connectivity index (χ2n) is 8.07. The molecule has 0 unspecified atom stereocenters. The van der Waals surface area contributed by atoms with Gasteiger partial charge in [-0.05, 0) is 45.2 Å². The summed E-state index contributed by atoms with van der Waals surface area (Å²) in [5.74, 6) is 1.53. The first-order valence-electron chi connectivity index (χ1n) is 10.7. The first-order chi connectivity index (χ1) is 14.5. The van der Waals surface area contributed by atoms with Crippen molar-refractivity contribution in [1.82, 2.24) is 19.9 Å². The zero-order chi connectivity index (χ0) is 21.1. The van der Waals surface area contributed by atoms with Crippen LogP contribution in [0.5, 0.6) is 0 Å². The molecule has 8 heteroatoms. The smallest absolute Gasteiger partial charge is 0.257 e. The number of carbonyl (C=O) groups excluding carboxylic acids is 2. The summed E-state index contributed by atoms with van der Waals surface area (Å²) in [4.78, 5) is 36.3. The Morgan fingerprint density at radius 3 is 2.37 bits per heavy atom. The molecule has 2 aromatic heterocycles. The van der Waals surface area contributed by atoms with Crippen molar-refractivity contribution in [2.24, 2.45) is 0 Å². The Bertz CT molecular complexity index is 892. The number of pyridine rings is 1. The Labute approximate surface area is 176 Å². The molecule has 0 spiro atoms. The molecule has 0 saturated carbocycles. The minimum Gasteiger partial charge on any atom is -0.361 e. The molecule has 2 amide bonds. The van der Waals surface area contributed by atoms with Crippen molar-refractivity contribution in [3.05, 3.63) is 40.9 Å². The van der Waals surface area contributed by atoms with Crippen molar-refractivity contribution in [3.8, 4) is 0 Å². The lowest BCUT2D eigenvalue weighted by Gasteiger charge is -2.36. The summed E-state index contributed by atoms with van der Waals surface area (Å²) < 4.78 is 5.16. The quantitative estimate of drug-likeness (QED) is 0.767. The van der Waals surface area contributed by atoms with Gasteiger partial charge in [0, 0.05) is 51.0 Å². The summed E-state index contributed by atoms with van der Waals surface area (Å²) in [6.07, 6.45) is 5.55. The number of rotatable bonds is 4. The molecule has 2 aliphatic heterocycles. The van der Waals surface area contributed by atoms with E-state index in [0.29, 0.717) is 37.5 Å². The van der Waals surface area contributed by atoms with Crippen molar-refractivity contribution in [2.75, 3.05) is 44.2 Å². The largest absolute Gasteiger partial charge is 0.361 e. The maximum absolute atomic E-state index is 13.2. The Hall–Kier alpha value is -2.90. The van der Waals surface area contributed by atoms with E-state index < -0.39 is 0 Å². The molecule has 30 heavy (non-hydrogen) atoms. The van der Waals surface area contributed by atoms with Crippen molar-refractivity contribution < 1.29 is 14.1 Å². The molecule has 0 bridgehead atoms. The summed E-state index contributed by atoms with van der Waals surface area (Å²) in [6, 6.07) is 3.69. The van der Waals surface area contributed by atoms with Crippen LogP contribution in [0, 0.1) is 13.8 Å². The van der Waals surface area contributed by atoms with Crippen LogP contribution in [0.2, 0.25) is 0 Å². The third kappa shape index (κ3) is 4.17. The van der Waals surface area contributed by atoms with Crippen molar-refractivity contribution >= 4 is 17.6 Å². The fraction of sp³-hybridized carbons (Fsp3) is 0.545. The Kier molecular flexibility index (Phi) is 6.01. The predicted molar refractivity (Wildman–Crippen MR) is 112 cm³/mol. The van der Waals surface area contributed by atoms with Gasteiger partial charge in [0.05, 0.1) is 17.7 Å². The number of hydrogen-bond donors (Lipinski definition) is 0. The van der Waals surface area contributed by atoms with E-state index in [-0.39, 0.29) is 18.2 Å². The third-order valence-electron chi connectivity index (χ3n) is 6.10. The van der Waals surface area contributed by atoms with Crippen LogP contribution >= 0.6 is 0 Å². The summed E-state index contributed by atoms with van der Waals surface area (Å²) in [5.41, 5.74) is 2.28. The van der Waals surface area contributed by atoms with Gasteiger partial charge in [0.2, 0.25) is 5.91 Å². The first kappa shape index (κ1) is 20.4. The predicted octanol–water partition coefficient (Wildman–Crippen LogP) is 2.20. The van der Waals surface area contributed by atoms with Gasteiger partial charge in [0.25, 0.3) is 5.91 Å². The van der Waals surface area contributed by atoms with Crippen molar-refractivity contribution in [1.29, 1.82) is 0 Å². The summed E-state index contributed by atoms with van der Waals surface area (Å²) in [5, 5.41) is 3.92. The Balaban J connectivity index is 1.38. The molecule has 2 fully saturated rings. The van der Waals surface area contributed by atoms with Crippen LogP contribution in [-0.4, -0.2) is 71.0 Å². The molecule has 0 radical (unpaired) electrons. The van der Waals surface area contributed by atoms with Gasteiger partial charge in [-0.1, -0.05) is 5.16 Å². The van der Waals surface area contributed by atoms with E-state index >= 15 is 0 Å². The number of carbonyl (C=O) groups is 2. The highest BCUT2D eigenvalue weighted by molar-refractivity contribution is 5.99. The van der Waals surface area contributed by atoms with Crippen LogP contribution in [0.3, 0.4) is 0 Å².